The number of hydrogen-bond acceptors (Lipinski definition) is 4. The van der Waals surface area contributed by atoms with Gasteiger partial charge < -0.3 is 15.2 Å². The second-order valence-corrected chi connectivity index (χ2v) is 4.32. The molecule has 1 saturated heterocycles. The van der Waals surface area contributed by atoms with Gasteiger partial charge in [0, 0.05) is 0 Å². The lowest BCUT2D eigenvalue weighted by molar-refractivity contribution is -0.126. The molecular formula is C12H15FN2O3. The molecule has 1 aliphatic heterocycles. The SMILES string of the molecule is CC1CCC(C(=O)Nc2cc(CO)ncc2F)O1. The van der Waals surface area contributed by atoms with E-state index >= 15 is 0 Å². The molecule has 98 valence electrons. The van der Waals surface area contributed by atoms with Crippen molar-refractivity contribution in [3.8, 4) is 0 Å². The Kier molecular flexibility index (Phi) is 3.88. The van der Waals surface area contributed by atoms with Crippen LogP contribution in [0.2, 0.25) is 0 Å². The summed E-state index contributed by atoms with van der Waals surface area (Å²) in [6.07, 6.45) is 1.94. The summed E-state index contributed by atoms with van der Waals surface area (Å²) in [5.41, 5.74) is 0.314. The van der Waals surface area contributed by atoms with Gasteiger partial charge in [0.1, 0.15) is 6.10 Å². The summed E-state index contributed by atoms with van der Waals surface area (Å²) in [6.45, 7) is 1.59. The first-order chi connectivity index (χ1) is 8.60. The zero-order chi connectivity index (χ0) is 13.1. The van der Waals surface area contributed by atoms with E-state index in [1.54, 1.807) is 0 Å². The molecule has 0 aliphatic carbocycles. The van der Waals surface area contributed by atoms with Gasteiger partial charge in [0.05, 0.1) is 30.3 Å². The standard InChI is InChI=1S/C12H15FN2O3/c1-7-2-3-11(18-7)12(17)15-10-4-8(6-16)14-5-9(10)13/h4-5,7,11,16H,2-3,6H2,1H3,(H,14,15,17). The van der Waals surface area contributed by atoms with Gasteiger partial charge in [0.2, 0.25) is 0 Å². The monoisotopic (exact) mass is 254 g/mol. The van der Waals surface area contributed by atoms with Crippen molar-refractivity contribution < 1.29 is 19.0 Å². The smallest absolute Gasteiger partial charge is 0.253 e. The number of aliphatic hydroxyl groups excluding tert-OH is 1. The molecule has 2 unspecified atom stereocenters. The Morgan fingerprint density at radius 2 is 2.44 bits per heavy atom. The maximum Gasteiger partial charge on any atom is 0.253 e. The number of rotatable bonds is 3. The minimum atomic E-state index is -0.633. The molecule has 0 bridgehead atoms. The molecule has 18 heavy (non-hydrogen) atoms. The minimum Gasteiger partial charge on any atom is -0.390 e. The molecule has 1 fully saturated rings. The Bertz CT molecular complexity index is 453. The van der Waals surface area contributed by atoms with Crippen LogP contribution in [0.5, 0.6) is 0 Å². The van der Waals surface area contributed by atoms with Crippen LogP contribution in [0, 0.1) is 5.82 Å². The number of halogens is 1. The molecule has 2 rings (SSSR count). The topological polar surface area (TPSA) is 71.5 Å². The fourth-order valence-corrected chi connectivity index (χ4v) is 1.87. The van der Waals surface area contributed by atoms with Gasteiger partial charge in [0.15, 0.2) is 5.82 Å². The second-order valence-electron chi connectivity index (χ2n) is 4.32. The third kappa shape index (κ3) is 2.83. The highest BCUT2D eigenvalue weighted by Gasteiger charge is 2.28. The number of carbonyl (C=O) groups is 1. The van der Waals surface area contributed by atoms with Crippen molar-refractivity contribution in [1.82, 2.24) is 4.98 Å². The van der Waals surface area contributed by atoms with Crippen LogP contribution < -0.4 is 5.32 Å². The number of pyridine rings is 1. The van der Waals surface area contributed by atoms with E-state index in [4.69, 9.17) is 9.84 Å². The fraction of sp³-hybridized carbons (Fsp3) is 0.500. The quantitative estimate of drug-likeness (QED) is 0.850. The Balaban J connectivity index is 2.06. The molecule has 0 spiro atoms. The fourth-order valence-electron chi connectivity index (χ4n) is 1.87. The number of nitrogens with one attached hydrogen (secondary N) is 1. The van der Waals surface area contributed by atoms with Gasteiger partial charge in [-0.3, -0.25) is 9.78 Å². The molecule has 5 nitrogen and oxygen atoms in total. The Labute approximate surface area is 104 Å². The van der Waals surface area contributed by atoms with Gasteiger partial charge in [-0.25, -0.2) is 4.39 Å². The lowest BCUT2D eigenvalue weighted by atomic mass is 10.2. The van der Waals surface area contributed by atoms with Crippen LogP contribution >= 0.6 is 0 Å². The molecule has 6 heteroatoms. The summed E-state index contributed by atoms with van der Waals surface area (Å²) in [5.74, 6) is -1.00. The second kappa shape index (κ2) is 5.41. The molecule has 0 aromatic carbocycles. The zero-order valence-corrected chi connectivity index (χ0v) is 10.0. The largest absolute Gasteiger partial charge is 0.390 e. The first kappa shape index (κ1) is 12.9. The molecule has 1 amide bonds. The molecule has 0 radical (unpaired) electrons. The van der Waals surface area contributed by atoms with Crippen molar-refractivity contribution in [1.29, 1.82) is 0 Å². The Morgan fingerprint density at radius 3 is 3.06 bits per heavy atom. The van der Waals surface area contributed by atoms with Gasteiger partial charge >= 0.3 is 0 Å². The third-order valence-corrected chi connectivity index (χ3v) is 2.86. The summed E-state index contributed by atoms with van der Waals surface area (Å²) in [5, 5.41) is 11.4. The van der Waals surface area contributed by atoms with Gasteiger partial charge in [-0.2, -0.15) is 0 Å². The molecule has 1 aromatic heterocycles. The summed E-state index contributed by atoms with van der Waals surface area (Å²) in [7, 11) is 0. The molecule has 1 aliphatic rings. The Hall–Kier alpha value is -1.53. The van der Waals surface area contributed by atoms with E-state index in [1.165, 1.54) is 6.07 Å². The van der Waals surface area contributed by atoms with Crippen molar-refractivity contribution in [2.45, 2.75) is 38.6 Å². The van der Waals surface area contributed by atoms with Gasteiger partial charge in [-0.15, -0.1) is 0 Å². The summed E-state index contributed by atoms with van der Waals surface area (Å²) in [6, 6.07) is 1.31. The van der Waals surface area contributed by atoms with E-state index in [2.05, 4.69) is 10.3 Å². The van der Waals surface area contributed by atoms with Gasteiger partial charge in [-0.05, 0) is 25.8 Å². The van der Waals surface area contributed by atoms with Crippen LogP contribution in [-0.2, 0) is 16.1 Å². The molecule has 2 atom stereocenters. The highest BCUT2D eigenvalue weighted by molar-refractivity contribution is 5.94. The van der Waals surface area contributed by atoms with Crippen molar-refractivity contribution in [2.24, 2.45) is 0 Å². The number of aliphatic hydroxyl groups is 1. The predicted molar refractivity (Wildman–Crippen MR) is 62.3 cm³/mol. The average molecular weight is 254 g/mol. The lowest BCUT2D eigenvalue weighted by Gasteiger charge is -2.12. The molecule has 2 N–H and O–H groups in total. The molecular weight excluding hydrogens is 239 g/mol. The molecule has 1 aromatic rings. The van der Waals surface area contributed by atoms with Crippen LogP contribution in [-0.4, -0.2) is 28.2 Å². The van der Waals surface area contributed by atoms with Crippen LogP contribution in [0.4, 0.5) is 10.1 Å². The Morgan fingerprint density at radius 1 is 1.67 bits per heavy atom. The maximum atomic E-state index is 13.4. The van der Waals surface area contributed by atoms with E-state index in [0.717, 1.165) is 12.6 Å². The number of carbonyl (C=O) groups excluding carboxylic acids is 1. The number of hydrogen-bond donors (Lipinski definition) is 2. The van der Waals surface area contributed by atoms with Crippen LogP contribution in [0.3, 0.4) is 0 Å². The van der Waals surface area contributed by atoms with E-state index in [0.29, 0.717) is 12.1 Å². The predicted octanol–water partition coefficient (Wildman–Crippen LogP) is 1.22. The summed E-state index contributed by atoms with van der Waals surface area (Å²) < 4.78 is 18.8. The van der Waals surface area contributed by atoms with Crippen LogP contribution in [0.15, 0.2) is 12.3 Å². The van der Waals surface area contributed by atoms with Crippen molar-refractivity contribution in [3.05, 3.63) is 23.8 Å². The molecule has 0 saturated carbocycles. The number of ether oxygens (including phenoxy) is 1. The number of anilines is 1. The first-order valence-electron chi connectivity index (χ1n) is 5.81. The summed E-state index contributed by atoms with van der Waals surface area (Å²) >= 11 is 0. The van der Waals surface area contributed by atoms with Crippen molar-refractivity contribution >= 4 is 11.6 Å². The molecule has 2 heterocycles. The van der Waals surface area contributed by atoms with Crippen LogP contribution in [0.25, 0.3) is 0 Å². The normalized spacial score (nSPS) is 23.1. The van der Waals surface area contributed by atoms with E-state index in [9.17, 15) is 9.18 Å². The lowest BCUT2D eigenvalue weighted by Crippen LogP contribution is -2.28. The van der Waals surface area contributed by atoms with E-state index in [-0.39, 0.29) is 24.3 Å². The number of aromatic nitrogens is 1. The van der Waals surface area contributed by atoms with Crippen LogP contribution in [0.1, 0.15) is 25.5 Å². The average Bonchev–Trinajstić information content (AvgIpc) is 2.79. The van der Waals surface area contributed by atoms with E-state index < -0.39 is 11.9 Å². The number of amides is 1. The van der Waals surface area contributed by atoms with Crippen molar-refractivity contribution in [2.75, 3.05) is 5.32 Å². The number of nitrogens with zero attached hydrogens (tertiary/aromatic N) is 1. The maximum absolute atomic E-state index is 13.4. The zero-order valence-electron chi connectivity index (χ0n) is 10.0. The highest BCUT2D eigenvalue weighted by Crippen LogP contribution is 2.21. The first-order valence-corrected chi connectivity index (χ1v) is 5.81. The highest BCUT2D eigenvalue weighted by atomic mass is 19.1. The van der Waals surface area contributed by atoms with Gasteiger partial charge in [-0.1, -0.05) is 0 Å². The third-order valence-electron chi connectivity index (χ3n) is 2.86. The van der Waals surface area contributed by atoms with Crippen molar-refractivity contribution in [3.63, 3.8) is 0 Å². The summed E-state index contributed by atoms with van der Waals surface area (Å²) in [4.78, 5) is 15.5. The van der Waals surface area contributed by atoms with E-state index in [1.807, 2.05) is 6.92 Å². The van der Waals surface area contributed by atoms with Gasteiger partial charge in [0.25, 0.3) is 5.91 Å². The minimum absolute atomic E-state index is 0.0159.